The zero-order chi connectivity index (χ0) is 6.41. The molecule has 0 saturated carbocycles. The molecule has 0 bridgehead atoms. The fourth-order valence-corrected chi connectivity index (χ4v) is 0.730. The van der Waals surface area contributed by atoms with E-state index in [4.69, 9.17) is 12.2 Å². The average molecular weight is 130 g/mol. The van der Waals surface area contributed by atoms with E-state index in [0.717, 1.165) is 0 Å². The molecule has 0 amide bonds. The summed E-state index contributed by atoms with van der Waals surface area (Å²) in [6.07, 6.45) is 3.86. The molecule has 1 unspecified atom stereocenters. The van der Waals surface area contributed by atoms with Crippen molar-refractivity contribution in [3.8, 4) is 0 Å². The Balaban J connectivity index is 2.98. The molecule has 0 N–H and O–H groups in total. The van der Waals surface area contributed by atoms with Gasteiger partial charge in [-0.1, -0.05) is 38.9 Å². The van der Waals surface area contributed by atoms with Crippen molar-refractivity contribution in [2.45, 2.75) is 33.1 Å². The molecule has 0 rings (SSSR count). The second-order valence-electron chi connectivity index (χ2n) is 2.26. The molecule has 1 atom stereocenters. The lowest BCUT2D eigenvalue weighted by Gasteiger charge is -1.99. The van der Waals surface area contributed by atoms with E-state index in [1.165, 1.54) is 19.3 Å². The largest absolute Gasteiger partial charge is 0.0932 e. The molecule has 0 saturated heterocycles. The van der Waals surface area contributed by atoms with Crippen LogP contribution in [0.1, 0.15) is 33.1 Å². The molecule has 0 aromatic heterocycles. The molecule has 0 nitrogen and oxygen atoms in total. The topological polar surface area (TPSA) is 0 Å². The Labute approximate surface area is 57.3 Å². The van der Waals surface area contributed by atoms with Crippen LogP contribution in [0.25, 0.3) is 0 Å². The molecule has 48 valence electrons. The quantitative estimate of drug-likeness (QED) is 0.527. The summed E-state index contributed by atoms with van der Waals surface area (Å²) in [4.78, 5) is 0. The lowest BCUT2D eigenvalue weighted by atomic mass is 10.1. The lowest BCUT2D eigenvalue weighted by molar-refractivity contribution is 0.637. The average Bonchev–Trinajstić information content (AvgIpc) is 1.83. The van der Waals surface area contributed by atoms with Crippen LogP contribution in [0.3, 0.4) is 0 Å². The number of hydrogen-bond acceptors (Lipinski definition) is 1. The van der Waals surface area contributed by atoms with Gasteiger partial charge in [-0.15, -0.1) is 0 Å². The first kappa shape index (κ1) is 8.09. The third-order valence-electron chi connectivity index (χ3n) is 1.25. The highest BCUT2D eigenvalue weighted by molar-refractivity contribution is 7.79. The van der Waals surface area contributed by atoms with Crippen LogP contribution in [0, 0.1) is 5.92 Å². The zero-order valence-corrected chi connectivity index (χ0v) is 6.50. The lowest BCUT2D eigenvalue weighted by Crippen LogP contribution is -1.91. The summed E-state index contributed by atoms with van der Waals surface area (Å²) in [6.45, 7) is 4.37. The van der Waals surface area contributed by atoms with Crippen LogP contribution in [0.5, 0.6) is 0 Å². The fourth-order valence-electron chi connectivity index (χ4n) is 0.594. The SMILES string of the molecule is CCCCC(C)C=S. The van der Waals surface area contributed by atoms with Crippen LogP contribution in [-0.4, -0.2) is 5.37 Å². The fraction of sp³-hybridized carbons (Fsp3) is 0.857. The van der Waals surface area contributed by atoms with Gasteiger partial charge in [0.2, 0.25) is 0 Å². The first-order chi connectivity index (χ1) is 3.81. The van der Waals surface area contributed by atoms with E-state index < -0.39 is 0 Å². The van der Waals surface area contributed by atoms with Gasteiger partial charge in [-0.05, 0) is 17.7 Å². The van der Waals surface area contributed by atoms with Gasteiger partial charge in [0.15, 0.2) is 0 Å². The number of hydrogen-bond donors (Lipinski definition) is 0. The van der Waals surface area contributed by atoms with E-state index in [9.17, 15) is 0 Å². The molecule has 8 heavy (non-hydrogen) atoms. The van der Waals surface area contributed by atoms with Crippen LogP contribution in [-0.2, 0) is 0 Å². The molecular formula is C7H14S. The van der Waals surface area contributed by atoms with E-state index in [0.29, 0.717) is 5.92 Å². The Bertz CT molecular complexity index is 59.4. The van der Waals surface area contributed by atoms with Crippen molar-refractivity contribution in [1.82, 2.24) is 0 Å². The third-order valence-corrected chi connectivity index (χ3v) is 1.71. The summed E-state index contributed by atoms with van der Waals surface area (Å²) in [5.74, 6) is 0.643. The van der Waals surface area contributed by atoms with Crippen molar-refractivity contribution in [1.29, 1.82) is 0 Å². The Morgan fingerprint density at radius 3 is 2.62 bits per heavy atom. The summed E-state index contributed by atoms with van der Waals surface area (Å²) >= 11 is 4.76. The second kappa shape index (κ2) is 5.23. The van der Waals surface area contributed by atoms with Crippen molar-refractivity contribution in [2.24, 2.45) is 5.92 Å². The zero-order valence-electron chi connectivity index (χ0n) is 5.68. The second-order valence-corrected chi connectivity index (χ2v) is 2.53. The molecule has 0 aromatic rings. The Morgan fingerprint density at radius 2 is 2.25 bits per heavy atom. The van der Waals surface area contributed by atoms with E-state index in [2.05, 4.69) is 13.8 Å². The van der Waals surface area contributed by atoms with Gasteiger partial charge in [-0.2, -0.15) is 0 Å². The maximum absolute atomic E-state index is 4.76. The van der Waals surface area contributed by atoms with Crippen LogP contribution in [0.2, 0.25) is 0 Å². The molecule has 1 heteroatoms. The first-order valence-corrected chi connectivity index (χ1v) is 3.73. The molecule has 0 aliphatic heterocycles. The molecule has 0 heterocycles. The van der Waals surface area contributed by atoms with Gasteiger partial charge in [-0.25, -0.2) is 0 Å². The van der Waals surface area contributed by atoms with Gasteiger partial charge >= 0.3 is 0 Å². The molecule has 0 aromatic carbocycles. The molecule has 0 spiro atoms. The van der Waals surface area contributed by atoms with Crippen molar-refractivity contribution in [3.05, 3.63) is 0 Å². The van der Waals surface area contributed by atoms with Gasteiger partial charge in [-0.3, -0.25) is 0 Å². The van der Waals surface area contributed by atoms with E-state index in [1.807, 2.05) is 5.37 Å². The summed E-state index contributed by atoms with van der Waals surface area (Å²) < 4.78 is 0. The van der Waals surface area contributed by atoms with Crippen LogP contribution < -0.4 is 0 Å². The summed E-state index contributed by atoms with van der Waals surface area (Å²) in [6, 6.07) is 0. The predicted molar refractivity (Wildman–Crippen MR) is 42.3 cm³/mol. The smallest absolute Gasteiger partial charge is 0.0157 e. The van der Waals surface area contributed by atoms with Gasteiger partial charge in [0, 0.05) is 0 Å². The van der Waals surface area contributed by atoms with Crippen molar-refractivity contribution in [3.63, 3.8) is 0 Å². The summed E-state index contributed by atoms with van der Waals surface area (Å²) in [7, 11) is 0. The third kappa shape index (κ3) is 4.25. The standard InChI is InChI=1S/C7H14S/c1-3-4-5-7(2)6-8/h6-7H,3-5H2,1-2H3. The number of thiocarbonyl (C=S) groups is 1. The van der Waals surface area contributed by atoms with Gasteiger partial charge in [0.25, 0.3) is 0 Å². The first-order valence-electron chi connectivity index (χ1n) is 3.26. The minimum Gasteiger partial charge on any atom is -0.0932 e. The summed E-state index contributed by atoms with van der Waals surface area (Å²) in [5.41, 5.74) is 0. The molecular weight excluding hydrogens is 116 g/mol. The van der Waals surface area contributed by atoms with Crippen molar-refractivity contribution < 1.29 is 0 Å². The molecule has 0 radical (unpaired) electrons. The van der Waals surface area contributed by atoms with Gasteiger partial charge in [0.05, 0.1) is 0 Å². The highest BCUT2D eigenvalue weighted by Crippen LogP contribution is 2.03. The van der Waals surface area contributed by atoms with Gasteiger partial charge in [0.1, 0.15) is 0 Å². The highest BCUT2D eigenvalue weighted by Gasteiger charge is 1.92. The van der Waals surface area contributed by atoms with Crippen molar-refractivity contribution in [2.75, 3.05) is 0 Å². The number of unbranched alkanes of at least 4 members (excludes halogenated alkanes) is 1. The molecule has 0 fully saturated rings. The van der Waals surface area contributed by atoms with Crippen LogP contribution in [0.15, 0.2) is 0 Å². The predicted octanol–water partition coefficient (Wildman–Crippen LogP) is 2.81. The minimum atomic E-state index is 0.643. The Kier molecular flexibility index (Phi) is 5.29. The van der Waals surface area contributed by atoms with E-state index in [-0.39, 0.29) is 0 Å². The van der Waals surface area contributed by atoms with Gasteiger partial charge < -0.3 is 0 Å². The van der Waals surface area contributed by atoms with Crippen molar-refractivity contribution >= 4 is 17.6 Å². The Morgan fingerprint density at radius 1 is 1.62 bits per heavy atom. The maximum Gasteiger partial charge on any atom is -0.0157 e. The molecule has 0 aliphatic carbocycles. The Hall–Kier alpha value is 0.0900. The van der Waals surface area contributed by atoms with E-state index in [1.54, 1.807) is 0 Å². The highest BCUT2D eigenvalue weighted by atomic mass is 32.1. The normalized spacial score (nSPS) is 13.2. The summed E-state index contributed by atoms with van der Waals surface area (Å²) in [5, 5.41) is 1.86. The molecule has 0 aliphatic rings. The van der Waals surface area contributed by atoms with Crippen LogP contribution >= 0.6 is 12.2 Å². The monoisotopic (exact) mass is 130 g/mol. The van der Waals surface area contributed by atoms with Crippen LogP contribution in [0.4, 0.5) is 0 Å². The maximum atomic E-state index is 4.76. The minimum absolute atomic E-state index is 0.643. The van der Waals surface area contributed by atoms with E-state index >= 15 is 0 Å². The number of rotatable bonds is 4.